The number of carbonyl (C=O) groups is 2. The predicted octanol–water partition coefficient (Wildman–Crippen LogP) is -0.447. The highest BCUT2D eigenvalue weighted by Crippen LogP contribution is 2.38. The molecule has 6 N–H and O–H groups in total. The van der Waals surface area contributed by atoms with Crippen LogP contribution in [0.15, 0.2) is 0 Å². The fourth-order valence-electron chi connectivity index (χ4n) is 2.45. The van der Waals surface area contributed by atoms with Gasteiger partial charge < -0.3 is 0 Å². The number of carbonyl (C=O) groups excluding carboxylic acids is 2. The topological polar surface area (TPSA) is 110 Å². The molecular weight excluding hydrogens is 208 g/mol. The van der Waals surface area contributed by atoms with E-state index in [2.05, 4.69) is 10.9 Å². The molecule has 16 heavy (non-hydrogen) atoms. The van der Waals surface area contributed by atoms with Gasteiger partial charge in [-0.3, -0.25) is 20.4 Å². The van der Waals surface area contributed by atoms with Crippen molar-refractivity contribution in [2.24, 2.45) is 23.0 Å². The summed E-state index contributed by atoms with van der Waals surface area (Å²) >= 11 is 0. The molecule has 0 saturated heterocycles. The third-order valence-electron chi connectivity index (χ3n) is 3.63. The Kier molecular flexibility index (Phi) is 4.26. The Labute approximate surface area is 95.1 Å². The third kappa shape index (κ3) is 2.17. The van der Waals surface area contributed by atoms with Crippen molar-refractivity contribution < 1.29 is 9.59 Å². The fraction of sp³-hybridized carbons (Fsp3) is 0.800. The smallest absolute Gasteiger partial charge is 0.249 e. The normalized spacial score (nSPS) is 17.9. The van der Waals surface area contributed by atoms with Gasteiger partial charge in [0.25, 0.3) is 0 Å². The molecule has 1 fully saturated rings. The summed E-state index contributed by atoms with van der Waals surface area (Å²) in [5.74, 6) is 9.34. The molecule has 1 saturated carbocycles. The second kappa shape index (κ2) is 5.27. The second-order valence-corrected chi connectivity index (χ2v) is 4.48. The van der Waals surface area contributed by atoms with Crippen molar-refractivity contribution >= 4 is 11.8 Å². The highest BCUT2D eigenvalue weighted by molar-refractivity contribution is 6.04. The zero-order chi connectivity index (χ0) is 12.2. The standard InChI is InChI=1S/C10H20N4O2/c1-10(8(15)13-11,9(16)14-12)7-5-3-2-4-6-7/h7H,2-6,11-12H2,1H3,(H,13,15)(H,14,16). The summed E-state index contributed by atoms with van der Waals surface area (Å²) in [4.78, 5) is 23.6. The monoisotopic (exact) mass is 228 g/mol. The minimum atomic E-state index is -1.16. The SMILES string of the molecule is CC(C(=O)NN)(C(=O)NN)C1CCCCC1. The van der Waals surface area contributed by atoms with E-state index in [9.17, 15) is 9.59 Å². The van der Waals surface area contributed by atoms with Crippen molar-refractivity contribution in [3.05, 3.63) is 0 Å². The highest BCUT2D eigenvalue weighted by Gasteiger charge is 2.47. The van der Waals surface area contributed by atoms with Crippen molar-refractivity contribution in [1.82, 2.24) is 10.9 Å². The van der Waals surface area contributed by atoms with Crippen LogP contribution in [0.4, 0.5) is 0 Å². The van der Waals surface area contributed by atoms with Crippen LogP contribution in [-0.4, -0.2) is 11.8 Å². The van der Waals surface area contributed by atoms with Crippen LogP contribution in [0.1, 0.15) is 39.0 Å². The molecule has 6 heteroatoms. The zero-order valence-corrected chi connectivity index (χ0v) is 9.58. The Morgan fingerprint density at radius 3 is 1.88 bits per heavy atom. The minimum absolute atomic E-state index is 0.00773. The van der Waals surface area contributed by atoms with E-state index in [1.807, 2.05) is 0 Å². The molecule has 0 aromatic rings. The van der Waals surface area contributed by atoms with Crippen LogP contribution >= 0.6 is 0 Å². The van der Waals surface area contributed by atoms with Gasteiger partial charge in [0.15, 0.2) is 0 Å². The molecule has 0 aromatic heterocycles. The Morgan fingerprint density at radius 1 is 1.06 bits per heavy atom. The van der Waals surface area contributed by atoms with E-state index in [0.29, 0.717) is 0 Å². The van der Waals surface area contributed by atoms with Gasteiger partial charge in [0.05, 0.1) is 0 Å². The molecule has 2 amide bonds. The van der Waals surface area contributed by atoms with E-state index in [1.165, 1.54) is 0 Å². The van der Waals surface area contributed by atoms with Crippen LogP contribution in [0.5, 0.6) is 0 Å². The number of nitrogens with two attached hydrogens (primary N) is 2. The van der Waals surface area contributed by atoms with Crippen LogP contribution in [0.25, 0.3) is 0 Å². The molecule has 1 aliphatic rings. The highest BCUT2D eigenvalue weighted by atomic mass is 16.2. The van der Waals surface area contributed by atoms with E-state index in [0.717, 1.165) is 32.1 Å². The predicted molar refractivity (Wildman–Crippen MR) is 59.3 cm³/mol. The van der Waals surface area contributed by atoms with E-state index in [4.69, 9.17) is 11.7 Å². The number of nitrogens with one attached hydrogen (secondary N) is 2. The fourth-order valence-corrected chi connectivity index (χ4v) is 2.45. The van der Waals surface area contributed by atoms with Crippen molar-refractivity contribution in [1.29, 1.82) is 0 Å². The first-order valence-corrected chi connectivity index (χ1v) is 5.59. The van der Waals surface area contributed by atoms with Gasteiger partial charge in [-0.05, 0) is 25.7 Å². The Bertz CT molecular complexity index is 258. The molecule has 0 heterocycles. The number of hydrogen-bond acceptors (Lipinski definition) is 4. The Hall–Kier alpha value is -1.14. The molecule has 0 spiro atoms. The second-order valence-electron chi connectivity index (χ2n) is 4.48. The first kappa shape index (κ1) is 12.9. The van der Waals surface area contributed by atoms with Gasteiger partial charge in [-0.25, -0.2) is 11.7 Å². The van der Waals surface area contributed by atoms with Crippen LogP contribution in [0.2, 0.25) is 0 Å². The summed E-state index contributed by atoms with van der Waals surface area (Å²) in [6, 6.07) is 0. The lowest BCUT2D eigenvalue weighted by Gasteiger charge is -2.36. The maximum atomic E-state index is 11.8. The van der Waals surface area contributed by atoms with Gasteiger partial charge in [0, 0.05) is 0 Å². The minimum Gasteiger partial charge on any atom is -0.293 e. The van der Waals surface area contributed by atoms with Gasteiger partial charge in [-0.2, -0.15) is 0 Å². The Balaban J connectivity index is 2.92. The molecule has 0 aromatic carbocycles. The molecule has 1 rings (SSSR count). The number of amides is 2. The first-order valence-electron chi connectivity index (χ1n) is 5.59. The van der Waals surface area contributed by atoms with E-state index >= 15 is 0 Å². The molecule has 1 aliphatic carbocycles. The van der Waals surface area contributed by atoms with Crippen LogP contribution < -0.4 is 22.5 Å². The van der Waals surface area contributed by atoms with Gasteiger partial charge in [0.2, 0.25) is 11.8 Å². The van der Waals surface area contributed by atoms with Crippen molar-refractivity contribution in [2.45, 2.75) is 39.0 Å². The lowest BCUT2D eigenvalue weighted by Crippen LogP contribution is -2.56. The van der Waals surface area contributed by atoms with Crippen LogP contribution in [0, 0.1) is 11.3 Å². The van der Waals surface area contributed by atoms with Crippen molar-refractivity contribution in [3.8, 4) is 0 Å². The van der Waals surface area contributed by atoms with Gasteiger partial charge in [-0.15, -0.1) is 0 Å². The summed E-state index contributed by atoms with van der Waals surface area (Å²) in [5.41, 5.74) is 2.96. The number of rotatable bonds is 3. The quantitative estimate of drug-likeness (QED) is 0.227. The van der Waals surface area contributed by atoms with E-state index < -0.39 is 17.2 Å². The molecule has 0 bridgehead atoms. The molecule has 0 aliphatic heterocycles. The molecule has 92 valence electrons. The maximum absolute atomic E-state index is 11.8. The van der Waals surface area contributed by atoms with Gasteiger partial charge >= 0.3 is 0 Å². The molecule has 0 unspecified atom stereocenters. The summed E-state index contributed by atoms with van der Waals surface area (Å²) in [5, 5.41) is 0. The molecular formula is C10H20N4O2. The first-order chi connectivity index (χ1) is 7.57. The van der Waals surface area contributed by atoms with Gasteiger partial charge in [-0.1, -0.05) is 19.3 Å². The van der Waals surface area contributed by atoms with Crippen molar-refractivity contribution in [3.63, 3.8) is 0 Å². The maximum Gasteiger partial charge on any atom is 0.249 e. The average molecular weight is 228 g/mol. The summed E-state index contributed by atoms with van der Waals surface area (Å²) in [7, 11) is 0. The number of hydrazine groups is 2. The lowest BCUT2D eigenvalue weighted by molar-refractivity contribution is -0.147. The van der Waals surface area contributed by atoms with Gasteiger partial charge in [0.1, 0.15) is 5.41 Å². The Morgan fingerprint density at radius 2 is 1.50 bits per heavy atom. The largest absolute Gasteiger partial charge is 0.293 e. The van der Waals surface area contributed by atoms with E-state index in [-0.39, 0.29) is 5.92 Å². The van der Waals surface area contributed by atoms with Crippen LogP contribution in [-0.2, 0) is 9.59 Å². The average Bonchev–Trinajstić information content (AvgIpc) is 2.36. The van der Waals surface area contributed by atoms with Crippen molar-refractivity contribution in [2.75, 3.05) is 0 Å². The number of hydrogen-bond donors (Lipinski definition) is 4. The zero-order valence-electron chi connectivity index (χ0n) is 9.58. The summed E-state index contributed by atoms with van der Waals surface area (Å²) in [6.45, 7) is 1.60. The van der Waals surface area contributed by atoms with Crippen LogP contribution in [0.3, 0.4) is 0 Å². The summed E-state index contributed by atoms with van der Waals surface area (Å²) in [6.07, 6.45) is 4.95. The van der Waals surface area contributed by atoms with E-state index in [1.54, 1.807) is 6.92 Å². The lowest BCUT2D eigenvalue weighted by atomic mass is 9.69. The molecule has 0 radical (unpaired) electrons. The molecule has 0 atom stereocenters. The third-order valence-corrected chi connectivity index (χ3v) is 3.63. The molecule has 6 nitrogen and oxygen atoms in total. The summed E-state index contributed by atoms with van der Waals surface area (Å²) < 4.78 is 0.